The molecule has 2 heterocycles. The summed E-state index contributed by atoms with van der Waals surface area (Å²) in [6.07, 6.45) is 4.73. The molecular formula is C13H16N4O. The fourth-order valence-corrected chi connectivity index (χ4v) is 2.48. The summed E-state index contributed by atoms with van der Waals surface area (Å²) in [6, 6.07) is 3.85. The number of hydrogen-bond acceptors (Lipinski definition) is 5. The third-order valence-corrected chi connectivity index (χ3v) is 3.50. The second-order valence-electron chi connectivity index (χ2n) is 5.08. The molecule has 1 saturated heterocycles. The van der Waals surface area contributed by atoms with Gasteiger partial charge in [-0.05, 0) is 31.7 Å². The Labute approximate surface area is 106 Å². The second kappa shape index (κ2) is 4.54. The summed E-state index contributed by atoms with van der Waals surface area (Å²) in [6.45, 7) is 3.79. The molecule has 0 aromatic carbocycles. The van der Waals surface area contributed by atoms with Crippen molar-refractivity contribution in [3.63, 3.8) is 0 Å². The van der Waals surface area contributed by atoms with E-state index in [9.17, 15) is 0 Å². The van der Waals surface area contributed by atoms with Crippen molar-refractivity contribution in [3.05, 3.63) is 18.1 Å². The van der Waals surface area contributed by atoms with Crippen LogP contribution in [0.2, 0.25) is 0 Å². The lowest BCUT2D eigenvalue weighted by atomic mass is 10.1. The van der Waals surface area contributed by atoms with Crippen molar-refractivity contribution in [2.75, 3.05) is 18.0 Å². The van der Waals surface area contributed by atoms with Gasteiger partial charge in [-0.1, -0.05) is 0 Å². The molecular weight excluding hydrogens is 228 g/mol. The molecule has 0 bridgehead atoms. The summed E-state index contributed by atoms with van der Waals surface area (Å²) < 4.78 is 5.97. The van der Waals surface area contributed by atoms with Crippen LogP contribution in [0.15, 0.2) is 12.3 Å². The number of hydrogen-bond donors (Lipinski definition) is 0. The number of nitriles is 1. The van der Waals surface area contributed by atoms with E-state index in [2.05, 4.69) is 21.8 Å². The minimum absolute atomic E-state index is 0.213. The number of morpholine rings is 1. The van der Waals surface area contributed by atoms with Gasteiger partial charge in [0.1, 0.15) is 11.9 Å². The first-order valence-corrected chi connectivity index (χ1v) is 6.40. The van der Waals surface area contributed by atoms with Gasteiger partial charge in [0.2, 0.25) is 5.82 Å². The third kappa shape index (κ3) is 2.29. The molecule has 1 aromatic rings. The zero-order valence-corrected chi connectivity index (χ0v) is 10.4. The minimum Gasteiger partial charge on any atom is -0.371 e. The highest BCUT2D eigenvalue weighted by Crippen LogP contribution is 2.37. The average Bonchev–Trinajstić information content (AvgIpc) is 3.22. The fourth-order valence-electron chi connectivity index (χ4n) is 2.48. The van der Waals surface area contributed by atoms with Gasteiger partial charge in [0, 0.05) is 19.3 Å². The largest absolute Gasteiger partial charge is 0.371 e. The van der Waals surface area contributed by atoms with Gasteiger partial charge in [-0.15, -0.1) is 0 Å². The molecule has 1 saturated carbocycles. The van der Waals surface area contributed by atoms with Crippen LogP contribution in [0.1, 0.15) is 25.6 Å². The summed E-state index contributed by atoms with van der Waals surface area (Å²) in [5.74, 6) is 1.78. The molecule has 94 valence electrons. The summed E-state index contributed by atoms with van der Waals surface area (Å²) in [7, 11) is 0. The molecule has 0 N–H and O–H groups in total. The van der Waals surface area contributed by atoms with Gasteiger partial charge in [-0.2, -0.15) is 5.26 Å². The Kier molecular flexibility index (Phi) is 2.88. The Morgan fingerprint density at radius 1 is 1.44 bits per heavy atom. The van der Waals surface area contributed by atoms with Crippen molar-refractivity contribution < 1.29 is 4.74 Å². The molecule has 5 heteroatoms. The lowest BCUT2D eigenvalue weighted by Gasteiger charge is -2.37. The van der Waals surface area contributed by atoms with E-state index in [0.29, 0.717) is 12.0 Å². The van der Waals surface area contributed by atoms with Crippen LogP contribution in [0.3, 0.4) is 0 Å². The molecule has 0 amide bonds. The Hall–Kier alpha value is -1.67. The standard InChI is InChI=1S/C13H16N4O/c1-9-7-17(8-11(18-9)10-2-3-10)13-4-5-15-12(6-14)16-13/h4-5,9-11H,2-3,7-8H2,1H3/t9-,11+/m1/s1. The normalized spacial score (nSPS) is 27.9. The molecule has 2 fully saturated rings. The Balaban J connectivity index is 1.79. The summed E-state index contributed by atoms with van der Waals surface area (Å²) in [4.78, 5) is 10.4. The summed E-state index contributed by atoms with van der Waals surface area (Å²) in [5, 5.41) is 8.84. The predicted molar refractivity (Wildman–Crippen MR) is 66.0 cm³/mol. The number of anilines is 1. The van der Waals surface area contributed by atoms with Crippen molar-refractivity contribution in [2.45, 2.75) is 32.0 Å². The van der Waals surface area contributed by atoms with E-state index in [1.807, 2.05) is 12.1 Å². The smallest absolute Gasteiger partial charge is 0.234 e. The maximum absolute atomic E-state index is 8.84. The van der Waals surface area contributed by atoms with Gasteiger partial charge in [-0.25, -0.2) is 9.97 Å². The lowest BCUT2D eigenvalue weighted by Crippen LogP contribution is -2.47. The van der Waals surface area contributed by atoms with Crippen molar-refractivity contribution in [1.82, 2.24) is 9.97 Å². The molecule has 18 heavy (non-hydrogen) atoms. The molecule has 5 nitrogen and oxygen atoms in total. The Morgan fingerprint density at radius 3 is 3.00 bits per heavy atom. The highest BCUT2D eigenvalue weighted by atomic mass is 16.5. The van der Waals surface area contributed by atoms with Crippen molar-refractivity contribution in [2.24, 2.45) is 5.92 Å². The van der Waals surface area contributed by atoms with Crippen LogP contribution < -0.4 is 4.90 Å². The SMILES string of the molecule is C[C@@H]1CN(c2ccnc(C#N)n2)C[C@@H](C2CC2)O1. The van der Waals surface area contributed by atoms with Gasteiger partial charge in [0.05, 0.1) is 12.2 Å². The second-order valence-corrected chi connectivity index (χ2v) is 5.08. The zero-order chi connectivity index (χ0) is 12.5. The first-order valence-electron chi connectivity index (χ1n) is 6.40. The van der Waals surface area contributed by atoms with Gasteiger partial charge < -0.3 is 9.64 Å². The maximum Gasteiger partial charge on any atom is 0.234 e. The van der Waals surface area contributed by atoms with Crippen LogP contribution in [0.25, 0.3) is 0 Å². The van der Waals surface area contributed by atoms with Crippen LogP contribution in [0.5, 0.6) is 0 Å². The van der Waals surface area contributed by atoms with E-state index >= 15 is 0 Å². The van der Waals surface area contributed by atoms with E-state index in [-0.39, 0.29) is 11.9 Å². The topological polar surface area (TPSA) is 62.0 Å². The Bertz CT molecular complexity index is 480. The summed E-state index contributed by atoms with van der Waals surface area (Å²) >= 11 is 0. The van der Waals surface area contributed by atoms with Gasteiger partial charge in [0.15, 0.2) is 0 Å². The molecule has 1 aliphatic heterocycles. The molecule has 3 rings (SSSR count). The fraction of sp³-hybridized carbons (Fsp3) is 0.615. The maximum atomic E-state index is 8.84. The first kappa shape index (κ1) is 11.4. The third-order valence-electron chi connectivity index (χ3n) is 3.50. The van der Waals surface area contributed by atoms with E-state index < -0.39 is 0 Å². The number of nitrogens with zero attached hydrogens (tertiary/aromatic N) is 4. The van der Waals surface area contributed by atoms with E-state index in [1.54, 1.807) is 6.20 Å². The van der Waals surface area contributed by atoms with Crippen LogP contribution in [0.4, 0.5) is 5.82 Å². The number of aromatic nitrogens is 2. The van der Waals surface area contributed by atoms with Crippen molar-refractivity contribution >= 4 is 5.82 Å². The van der Waals surface area contributed by atoms with E-state index in [0.717, 1.165) is 18.9 Å². The van der Waals surface area contributed by atoms with E-state index in [1.165, 1.54) is 12.8 Å². The summed E-state index contributed by atoms with van der Waals surface area (Å²) in [5.41, 5.74) is 0. The zero-order valence-electron chi connectivity index (χ0n) is 10.4. The quantitative estimate of drug-likeness (QED) is 0.786. The van der Waals surface area contributed by atoms with Gasteiger partial charge in [-0.3, -0.25) is 0 Å². The minimum atomic E-state index is 0.213. The van der Waals surface area contributed by atoms with Crippen LogP contribution in [-0.2, 0) is 4.74 Å². The molecule has 0 radical (unpaired) electrons. The van der Waals surface area contributed by atoms with Crippen molar-refractivity contribution in [3.8, 4) is 6.07 Å². The Morgan fingerprint density at radius 2 is 2.28 bits per heavy atom. The average molecular weight is 244 g/mol. The van der Waals surface area contributed by atoms with Crippen LogP contribution in [-0.4, -0.2) is 35.3 Å². The molecule has 1 aliphatic carbocycles. The highest BCUT2D eigenvalue weighted by molar-refractivity contribution is 5.40. The monoisotopic (exact) mass is 244 g/mol. The van der Waals surface area contributed by atoms with E-state index in [4.69, 9.17) is 10.00 Å². The number of ether oxygens (including phenoxy) is 1. The molecule has 2 atom stereocenters. The molecule has 0 spiro atoms. The molecule has 2 aliphatic rings. The predicted octanol–water partition coefficient (Wildman–Crippen LogP) is 1.35. The van der Waals surface area contributed by atoms with Gasteiger partial charge >= 0.3 is 0 Å². The lowest BCUT2D eigenvalue weighted by molar-refractivity contribution is -0.0273. The van der Waals surface area contributed by atoms with Crippen LogP contribution >= 0.6 is 0 Å². The van der Waals surface area contributed by atoms with Crippen molar-refractivity contribution in [1.29, 1.82) is 5.26 Å². The highest BCUT2D eigenvalue weighted by Gasteiger charge is 2.37. The first-order chi connectivity index (χ1) is 8.76. The molecule has 1 aromatic heterocycles. The van der Waals surface area contributed by atoms with Crippen LogP contribution in [0, 0.1) is 17.2 Å². The van der Waals surface area contributed by atoms with Gasteiger partial charge in [0.25, 0.3) is 0 Å². The molecule has 0 unspecified atom stereocenters. The number of rotatable bonds is 2.